The number of aromatic amines is 2. The SMILES string of the molecule is Cc1ccc(S(=O)(=O)c2ccc(Sc3ccc(Sc4ccc(Sc5ccc(S(=O)(=O)c6ccc(-n7c(=O)n(C)c8ccccc87)cc6)cc5)cc4)cc3)cc2)cc1.O=S(=O)(c1ccc(F)cc1)c1ccc(F)cc1.O=c1[nH]c2ccccc2[nH]1.Sc1ccc(Sc2ccc(S)cc2)cc1.[2H]CC(C)=O. The second-order valence-electron chi connectivity index (χ2n) is 22.5. The summed E-state index contributed by atoms with van der Waals surface area (Å²) in [6.45, 7) is 3.24. The fraction of sp³-hybridized carbons (Fsp3) is 0.0506. The molecule has 0 aliphatic rings. The molecule has 522 valence electrons. The van der Waals surface area contributed by atoms with Crippen LogP contribution >= 0.6 is 72.3 Å². The molecule has 0 atom stereocenters. The van der Waals surface area contributed by atoms with Gasteiger partial charge in [-0.25, -0.2) is 43.6 Å². The molecule has 12 aromatic carbocycles. The number of aromatic nitrogens is 4. The van der Waals surface area contributed by atoms with Gasteiger partial charge in [-0.05, 0) is 276 Å². The number of nitrogens with zero attached hydrogens (tertiary/aromatic N) is 2. The minimum absolute atomic E-state index is 0.0227. The van der Waals surface area contributed by atoms with Crippen LogP contribution in [0.4, 0.5) is 8.78 Å². The maximum atomic E-state index is 13.5. The summed E-state index contributed by atoms with van der Waals surface area (Å²) >= 11 is 15.0. The predicted molar refractivity (Wildman–Crippen MR) is 414 cm³/mol. The van der Waals surface area contributed by atoms with E-state index in [0.29, 0.717) is 5.69 Å². The number of carbonyl (C=O) groups is 1. The summed E-state index contributed by atoms with van der Waals surface area (Å²) in [7, 11) is -9.33. The van der Waals surface area contributed by atoms with E-state index in [4.69, 9.17) is 1.37 Å². The average molecular weight is 1540 g/mol. The highest BCUT2D eigenvalue weighted by atomic mass is 32.2. The lowest BCUT2D eigenvalue weighted by atomic mass is 10.2. The molecule has 0 aliphatic carbocycles. The van der Waals surface area contributed by atoms with Crippen LogP contribution < -0.4 is 11.4 Å². The van der Waals surface area contributed by atoms with Crippen LogP contribution in [0.3, 0.4) is 0 Å². The summed E-state index contributed by atoms with van der Waals surface area (Å²) < 4.78 is 112. The van der Waals surface area contributed by atoms with Gasteiger partial charge in [-0.3, -0.25) is 9.13 Å². The number of carbonyl (C=O) groups excluding carboxylic acids is 1. The molecular formula is C79H64F2N4O9S9. The van der Waals surface area contributed by atoms with E-state index in [-0.39, 0.29) is 53.4 Å². The van der Waals surface area contributed by atoms with Crippen LogP contribution in [0.5, 0.6) is 0 Å². The van der Waals surface area contributed by atoms with Gasteiger partial charge in [0.1, 0.15) is 17.4 Å². The van der Waals surface area contributed by atoms with Crippen molar-refractivity contribution in [2.45, 2.75) is 99.1 Å². The van der Waals surface area contributed by atoms with E-state index in [1.165, 1.54) is 41.0 Å². The Labute approximate surface area is 624 Å². The lowest BCUT2D eigenvalue weighted by Gasteiger charge is -2.09. The number of H-pyrrole nitrogens is 2. The molecule has 13 nitrogen and oxygen atoms in total. The first-order chi connectivity index (χ1) is 49.8. The standard InChI is InChI=1S/C45H34N2O5S5.C12H8F2O2S.C12H10S3.C7H6N2O.C3H6O/c1-31-7-23-39(24-8-31)56(49,50)41-27-19-37(20-28-41)54-35-15-11-33(12-16-35)53-34-13-17-36(18-14-34)55-38-21-29-42(30-22-38)57(51,52)40-25-9-32(10-26-40)47-44-6-4-3-5-43(44)46(2)45(47)48;13-9-1-5-11(6-2-9)17(15,16)12-7-3-10(14)4-8-12;13-9-1-5-11(6-2-9)15-12-7-3-10(14)4-8-12;10-7-8-5-3-1-2-4-6(5)9-7;1-3(2)4/h3-30H,1-2H3;1-8H;1-8,13-14H;1-4H,(H2,8,9,10);1-2H3/i;;;;1D. The van der Waals surface area contributed by atoms with Gasteiger partial charge in [0.05, 0.1) is 57.1 Å². The number of sulfone groups is 3. The zero-order chi connectivity index (χ0) is 74.1. The summed E-state index contributed by atoms with van der Waals surface area (Å²) in [5, 5.41) is 0. The van der Waals surface area contributed by atoms with Crippen LogP contribution in [-0.4, -0.2) is 50.1 Å². The minimum Gasteiger partial charge on any atom is -0.306 e. The molecule has 24 heteroatoms. The monoisotopic (exact) mass is 1540 g/mol. The fourth-order valence-electron chi connectivity index (χ4n) is 9.74. The Morgan fingerprint density at radius 3 is 0.951 bits per heavy atom. The zero-order valence-corrected chi connectivity index (χ0v) is 62.5. The second-order valence-corrected chi connectivity index (χ2v) is 34.0. The average Bonchev–Trinajstić information content (AvgIpc) is 1.56. The number of rotatable bonds is 15. The lowest BCUT2D eigenvalue weighted by molar-refractivity contribution is -0.115. The lowest BCUT2D eigenvalue weighted by Crippen LogP contribution is -2.20. The second kappa shape index (κ2) is 34.8. The quantitative estimate of drug-likeness (QED) is 0.0560. The van der Waals surface area contributed by atoms with Crippen molar-refractivity contribution in [3.8, 4) is 5.69 Å². The molecule has 2 N–H and O–H groups in total. The number of aryl methyl sites for hydroxylation is 2. The molecule has 0 saturated heterocycles. The molecule has 103 heavy (non-hydrogen) atoms. The third-order valence-corrected chi connectivity index (χ3v) is 24.9. The Hall–Kier alpha value is -9.34. The summed E-state index contributed by atoms with van der Waals surface area (Å²) in [5.74, 6) is -1.10. The molecule has 0 radical (unpaired) electrons. The van der Waals surface area contributed by atoms with Gasteiger partial charge < -0.3 is 14.8 Å². The van der Waals surface area contributed by atoms with Crippen molar-refractivity contribution >= 4 is 130 Å². The first kappa shape index (κ1) is 74.8. The molecule has 2 heterocycles. The molecule has 0 bridgehead atoms. The van der Waals surface area contributed by atoms with Gasteiger partial charge in [0, 0.05) is 57.4 Å². The number of hydrogen-bond acceptors (Lipinski definition) is 15. The van der Waals surface area contributed by atoms with Crippen molar-refractivity contribution in [2.24, 2.45) is 7.05 Å². The number of halogens is 2. The molecule has 0 saturated carbocycles. The van der Waals surface area contributed by atoms with E-state index in [0.717, 1.165) is 91.1 Å². The van der Waals surface area contributed by atoms with Crippen molar-refractivity contribution in [1.29, 1.82) is 0 Å². The van der Waals surface area contributed by atoms with Crippen LogP contribution in [0.15, 0.2) is 379 Å². The third kappa shape index (κ3) is 20.5. The van der Waals surface area contributed by atoms with Gasteiger partial charge in [0.15, 0.2) is 0 Å². The summed E-state index contributed by atoms with van der Waals surface area (Å²) in [6, 6.07) is 83.8. The molecule has 0 unspecified atom stereocenters. The number of ketones is 1. The van der Waals surface area contributed by atoms with Gasteiger partial charge in [0.25, 0.3) is 0 Å². The predicted octanol–water partition coefficient (Wildman–Crippen LogP) is 19.4. The molecule has 14 aromatic rings. The highest BCUT2D eigenvalue weighted by Crippen LogP contribution is 2.37. The van der Waals surface area contributed by atoms with Crippen LogP contribution in [-0.2, 0) is 41.4 Å². The molecule has 0 fully saturated rings. The summed E-state index contributed by atoms with van der Waals surface area (Å²) in [4.78, 5) is 50.0. The van der Waals surface area contributed by atoms with Crippen molar-refractivity contribution in [3.05, 3.63) is 329 Å². The largest absolute Gasteiger partial charge is 0.333 e. The van der Waals surface area contributed by atoms with Gasteiger partial charge in [-0.1, -0.05) is 89.0 Å². The smallest absolute Gasteiger partial charge is 0.306 e. The Morgan fingerprint density at radius 1 is 0.388 bits per heavy atom. The van der Waals surface area contributed by atoms with E-state index < -0.39 is 41.1 Å². The Morgan fingerprint density at radius 2 is 0.641 bits per heavy atom. The maximum absolute atomic E-state index is 13.5. The Bertz CT molecular complexity index is 5610. The number of benzene rings is 12. The van der Waals surface area contributed by atoms with Crippen LogP contribution in [0.1, 0.15) is 20.8 Å². The van der Waals surface area contributed by atoms with Crippen LogP contribution in [0, 0.1) is 18.6 Å². The Kier molecular flexibility index (Phi) is 25.3. The fourth-order valence-corrected chi connectivity index (χ4v) is 17.1. The first-order valence-electron chi connectivity index (χ1n) is 31.8. The summed E-state index contributed by atoms with van der Waals surface area (Å²) in [5.41, 5.74) is 4.50. The summed E-state index contributed by atoms with van der Waals surface area (Å²) in [6.07, 6.45) is 0. The number of thiol groups is 2. The maximum Gasteiger partial charge on any atom is 0.333 e. The van der Waals surface area contributed by atoms with Gasteiger partial charge in [0.2, 0.25) is 29.5 Å². The van der Waals surface area contributed by atoms with Gasteiger partial charge in [-0.15, -0.1) is 25.3 Å². The highest BCUT2D eigenvalue weighted by Gasteiger charge is 2.21. The van der Waals surface area contributed by atoms with E-state index in [1.54, 1.807) is 136 Å². The normalized spacial score (nSPS) is 11.3. The molecule has 0 amide bonds. The van der Waals surface area contributed by atoms with Crippen LogP contribution in [0.25, 0.3) is 27.8 Å². The molecular weight excluding hydrogens is 1480 g/mol. The van der Waals surface area contributed by atoms with Crippen molar-refractivity contribution in [3.63, 3.8) is 0 Å². The van der Waals surface area contributed by atoms with Gasteiger partial charge in [-0.2, -0.15) is 0 Å². The number of hydrogen-bond donors (Lipinski definition) is 4. The zero-order valence-electron chi connectivity index (χ0n) is 56.0. The molecule has 0 aliphatic heterocycles. The van der Waals surface area contributed by atoms with Crippen molar-refractivity contribution in [1.82, 2.24) is 19.1 Å². The van der Waals surface area contributed by atoms with E-state index in [9.17, 15) is 48.4 Å². The molecule has 14 rings (SSSR count). The number of para-hydroxylation sites is 4. The third-order valence-electron chi connectivity index (χ3n) is 14.9. The molecule has 2 aromatic heterocycles. The molecule has 0 spiro atoms. The van der Waals surface area contributed by atoms with Crippen molar-refractivity contribution < 1.29 is 40.2 Å². The minimum atomic E-state index is -3.77. The number of Topliss-reactive ketones (excluding diaryl/α,β-unsaturated/α-hetero) is 1. The van der Waals surface area contributed by atoms with E-state index >= 15 is 0 Å². The van der Waals surface area contributed by atoms with E-state index in [2.05, 4.69) is 95.9 Å². The number of imidazole rings is 2. The number of nitrogens with one attached hydrogen (secondary N) is 2. The van der Waals surface area contributed by atoms with E-state index in [1.807, 2.05) is 116 Å². The number of fused-ring (bicyclic) bond motifs is 2. The van der Waals surface area contributed by atoms with Crippen LogP contribution in [0.2, 0.25) is 0 Å². The topological polar surface area (TPSA) is 195 Å². The van der Waals surface area contributed by atoms with Crippen molar-refractivity contribution in [2.75, 3.05) is 0 Å². The highest BCUT2D eigenvalue weighted by molar-refractivity contribution is 8.00. The van der Waals surface area contributed by atoms with Gasteiger partial charge >= 0.3 is 11.4 Å². The Balaban J connectivity index is 0.000000196. The first-order valence-corrected chi connectivity index (χ1v) is 39.7.